The fourth-order valence-corrected chi connectivity index (χ4v) is 1.57. The predicted molar refractivity (Wildman–Crippen MR) is 58.6 cm³/mol. The van der Waals surface area contributed by atoms with Gasteiger partial charge in [0, 0.05) is 17.5 Å². The Morgan fingerprint density at radius 2 is 2.27 bits per heavy atom. The van der Waals surface area contributed by atoms with E-state index in [0.29, 0.717) is 12.1 Å². The standard InChI is InChI=1S/C11H12N2O2/c14-6-5-12-7-10-11(15)8-3-1-2-4-9(8)13-10/h1-4,7,10,13-14H,5-6H2/t10-/m0/s1. The number of nitrogens with zero attached hydrogens (tertiary/aromatic N) is 1. The minimum absolute atomic E-state index is 0.00432. The second-order valence-corrected chi connectivity index (χ2v) is 3.31. The molecule has 15 heavy (non-hydrogen) atoms. The zero-order chi connectivity index (χ0) is 10.7. The lowest BCUT2D eigenvalue weighted by Crippen LogP contribution is -2.23. The summed E-state index contributed by atoms with van der Waals surface area (Å²) in [7, 11) is 0. The molecule has 1 aromatic carbocycles. The van der Waals surface area contributed by atoms with Crippen molar-refractivity contribution in [3.8, 4) is 0 Å². The number of para-hydroxylation sites is 1. The lowest BCUT2D eigenvalue weighted by Gasteiger charge is -2.01. The van der Waals surface area contributed by atoms with Crippen molar-refractivity contribution in [1.82, 2.24) is 0 Å². The van der Waals surface area contributed by atoms with Gasteiger partial charge in [-0.15, -0.1) is 0 Å². The minimum Gasteiger partial charge on any atom is -0.394 e. The highest BCUT2D eigenvalue weighted by molar-refractivity contribution is 6.18. The number of aliphatic imine (C=N–C) groups is 1. The molecule has 0 aliphatic carbocycles. The first-order valence-corrected chi connectivity index (χ1v) is 4.83. The Bertz CT molecular complexity index is 401. The highest BCUT2D eigenvalue weighted by Gasteiger charge is 2.27. The SMILES string of the molecule is O=C1c2ccccc2N[C@H]1C=NCCO. The van der Waals surface area contributed by atoms with E-state index in [-0.39, 0.29) is 18.4 Å². The van der Waals surface area contributed by atoms with Crippen LogP contribution in [0.2, 0.25) is 0 Å². The molecule has 0 saturated carbocycles. The fourth-order valence-electron chi connectivity index (χ4n) is 1.57. The number of ketones is 1. The molecule has 1 aromatic rings. The number of carbonyl (C=O) groups excluding carboxylic acids is 1. The van der Waals surface area contributed by atoms with Gasteiger partial charge in [-0.1, -0.05) is 12.1 Å². The normalized spacial score (nSPS) is 19.3. The van der Waals surface area contributed by atoms with Crippen LogP contribution in [0.5, 0.6) is 0 Å². The maximum Gasteiger partial charge on any atom is 0.192 e. The van der Waals surface area contributed by atoms with Gasteiger partial charge >= 0.3 is 0 Å². The van der Waals surface area contributed by atoms with Gasteiger partial charge in [0.2, 0.25) is 0 Å². The molecule has 0 bridgehead atoms. The van der Waals surface area contributed by atoms with Crippen LogP contribution in [-0.4, -0.2) is 36.3 Å². The molecule has 0 aromatic heterocycles. The van der Waals surface area contributed by atoms with Crippen LogP contribution in [0, 0.1) is 0 Å². The van der Waals surface area contributed by atoms with Crippen molar-refractivity contribution < 1.29 is 9.90 Å². The number of hydrogen-bond donors (Lipinski definition) is 2. The molecule has 2 rings (SSSR count). The maximum absolute atomic E-state index is 11.8. The first kappa shape index (κ1) is 9.86. The van der Waals surface area contributed by atoms with Gasteiger partial charge < -0.3 is 10.4 Å². The highest BCUT2D eigenvalue weighted by atomic mass is 16.3. The molecule has 0 saturated heterocycles. The molecule has 1 aliphatic heterocycles. The van der Waals surface area contributed by atoms with E-state index in [2.05, 4.69) is 10.3 Å². The first-order chi connectivity index (χ1) is 7.33. The Morgan fingerprint density at radius 1 is 1.47 bits per heavy atom. The van der Waals surface area contributed by atoms with Crippen LogP contribution in [0.3, 0.4) is 0 Å². The molecule has 4 nitrogen and oxygen atoms in total. The topological polar surface area (TPSA) is 61.7 Å². The number of anilines is 1. The number of rotatable bonds is 3. The van der Waals surface area contributed by atoms with E-state index in [4.69, 9.17) is 5.11 Å². The van der Waals surface area contributed by atoms with Crippen LogP contribution in [0.1, 0.15) is 10.4 Å². The van der Waals surface area contributed by atoms with Crippen LogP contribution in [0.15, 0.2) is 29.3 Å². The number of aliphatic hydroxyl groups excluding tert-OH is 1. The Hall–Kier alpha value is -1.68. The Balaban J connectivity index is 2.13. The van der Waals surface area contributed by atoms with Gasteiger partial charge in [-0.25, -0.2) is 0 Å². The summed E-state index contributed by atoms with van der Waals surface area (Å²) in [6, 6.07) is 7.00. The van der Waals surface area contributed by atoms with Crippen molar-refractivity contribution in [2.24, 2.45) is 4.99 Å². The van der Waals surface area contributed by atoms with E-state index in [1.807, 2.05) is 18.2 Å². The lowest BCUT2D eigenvalue weighted by atomic mass is 10.1. The third kappa shape index (κ3) is 1.89. The van der Waals surface area contributed by atoms with E-state index in [1.54, 1.807) is 12.3 Å². The molecule has 1 aliphatic rings. The molecule has 1 heterocycles. The second kappa shape index (κ2) is 4.23. The smallest absolute Gasteiger partial charge is 0.192 e. The third-order valence-electron chi connectivity index (χ3n) is 2.27. The monoisotopic (exact) mass is 204 g/mol. The largest absolute Gasteiger partial charge is 0.394 e. The van der Waals surface area contributed by atoms with Crippen LogP contribution in [0.25, 0.3) is 0 Å². The van der Waals surface area contributed by atoms with Crippen LogP contribution < -0.4 is 5.32 Å². The Labute approximate surface area is 87.7 Å². The summed E-state index contributed by atoms with van der Waals surface area (Å²) >= 11 is 0. The molecule has 0 unspecified atom stereocenters. The summed E-state index contributed by atoms with van der Waals surface area (Å²) in [5, 5.41) is 11.6. The lowest BCUT2D eigenvalue weighted by molar-refractivity contribution is 0.1000. The molecule has 0 spiro atoms. The van der Waals surface area contributed by atoms with Crippen LogP contribution in [0.4, 0.5) is 5.69 Å². The second-order valence-electron chi connectivity index (χ2n) is 3.31. The van der Waals surface area contributed by atoms with Gasteiger partial charge in [0.25, 0.3) is 0 Å². The van der Waals surface area contributed by atoms with Gasteiger partial charge in [-0.3, -0.25) is 9.79 Å². The first-order valence-electron chi connectivity index (χ1n) is 4.83. The minimum atomic E-state index is -0.381. The van der Waals surface area contributed by atoms with Gasteiger partial charge in [-0.2, -0.15) is 0 Å². The number of carbonyl (C=O) groups is 1. The van der Waals surface area contributed by atoms with Crippen LogP contribution in [-0.2, 0) is 0 Å². The molecule has 78 valence electrons. The Morgan fingerprint density at radius 3 is 3.00 bits per heavy atom. The quantitative estimate of drug-likeness (QED) is 0.713. The molecule has 0 amide bonds. The number of hydrogen-bond acceptors (Lipinski definition) is 4. The number of aliphatic hydroxyl groups is 1. The van der Waals surface area contributed by atoms with Gasteiger partial charge in [0.15, 0.2) is 5.78 Å². The summed E-state index contributed by atoms with van der Waals surface area (Å²) in [6.07, 6.45) is 1.55. The number of benzene rings is 1. The van der Waals surface area contributed by atoms with E-state index in [0.717, 1.165) is 5.69 Å². The van der Waals surface area contributed by atoms with Gasteiger partial charge in [0.1, 0.15) is 6.04 Å². The Kier molecular flexibility index (Phi) is 2.78. The van der Waals surface area contributed by atoms with Gasteiger partial charge in [-0.05, 0) is 12.1 Å². The van der Waals surface area contributed by atoms with Crippen molar-refractivity contribution in [1.29, 1.82) is 0 Å². The zero-order valence-corrected chi connectivity index (χ0v) is 8.18. The summed E-state index contributed by atoms with van der Waals surface area (Å²) < 4.78 is 0. The number of Topliss-reactive ketones (excluding diaryl/α,β-unsaturated/α-hetero) is 1. The highest BCUT2D eigenvalue weighted by Crippen LogP contribution is 2.24. The molecule has 0 fully saturated rings. The average Bonchev–Trinajstić information content (AvgIpc) is 2.57. The average molecular weight is 204 g/mol. The zero-order valence-electron chi connectivity index (χ0n) is 8.18. The fraction of sp³-hybridized carbons (Fsp3) is 0.273. The molecule has 4 heteroatoms. The summed E-state index contributed by atoms with van der Waals surface area (Å²) in [5.41, 5.74) is 1.56. The molecular formula is C11H12N2O2. The van der Waals surface area contributed by atoms with Crippen molar-refractivity contribution in [3.05, 3.63) is 29.8 Å². The van der Waals surface area contributed by atoms with E-state index >= 15 is 0 Å². The predicted octanol–water partition coefficient (Wildman–Crippen LogP) is 0.726. The number of fused-ring (bicyclic) bond motifs is 1. The summed E-state index contributed by atoms with van der Waals surface area (Å²) in [4.78, 5) is 15.7. The van der Waals surface area contributed by atoms with E-state index in [1.165, 1.54) is 0 Å². The summed E-state index contributed by atoms with van der Waals surface area (Å²) in [6.45, 7) is 0.339. The van der Waals surface area contributed by atoms with Crippen molar-refractivity contribution in [2.75, 3.05) is 18.5 Å². The van der Waals surface area contributed by atoms with E-state index < -0.39 is 0 Å². The van der Waals surface area contributed by atoms with Crippen molar-refractivity contribution in [2.45, 2.75) is 6.04 Å². The maximum atomic E-state index is 11.8. The van der Waals surface area contributed by atoms with Crippen molar-refractivity contribution in [3.63, 3.8) is 0 Å². The third-order valence-corrected chi connectivity index (χ3v) is 2.27. The van der Waals surface area contributed by atoms with Gasteiger partial charge in [0.05, 0.1) is 13.2 Å². The number of nitrogens with one attached hydrogen (secondary N) is 1. The molecule has 1 atom stereocenters. The summed E-state index contributed by atoms with van der Waals surface area (Å²) in [5.74, 6) is 0.0345. The molecular weight excluding hydrogens is 192 g/mol. The van der Waals surface area contributed by atoms with E-state index in [9.17, 15) is 4.79 Å². The molecule has 0 radical (unpaired) electrons. The molecule has 2 N–H and O–H groups in total. The van der Waals surface area contributed by atoms with Crippen LogP contribution >= 0.6 is 0 Å². The van der Waals surface area contributed by atoms with Crippen molar-refractivity contribution >= 4 is 17.7 Å².